The third-order valence-corrected chi connectivity index (χ3v) is 8.96. The molecule has 10 heteroatoms. The van der Waals surface area contributed by atoms with Gasteiger partial charge in [0.15, 0.2) is 6.10 Å². The number of hydrogen-bond donors (Lipinski definition) is 3. The van der Waals surface area contributed by atoms with Gasteiger partial charge in [0.2, 0.25) is 0 Å². The van der Waals surface area contributed by atoms with Gasteiger partial charge in [-0.15, -0.1) is 0 Å². The van der Waals surface area contributed by atoms with Crippen molar-refractivity contribution in [3.05, 3.63) is 48.6 Å². The van der Waals surface area contributed by atoms with E-state index in [2.05, 4.69) is 31.4 Å². The van der Waals surface area contributed by atoms with E-state index in [-0.39, 0.29) is 19.4 Å². The maximum atomic E-state index is 12.4. The number of hydrogen-bond acceptors (Lipinski definition) is 7. The van der Waals surface area contributed by atoms with Crippen molar-refractivity contribution in [2.24, 2.45) is 5.92 Å². The minimum absolute atomic E-state index is 0.157. The molecule has 0 saturated carbocycles. The molecule has 0 amide bonds. The fourth-order valence-electron chi connectivity index (χ4n) is 5.13. The number of allylic oxidation sites excluding steroid dienone is 6. The second-order valence-electron chi connectivity index (χ2n) is 13.4. The number of ether oxygens (including phenoxy) is 2. The minimum Gasteiger partial charge on any atom is -0.462 e. The lowest BCUT2D eigenvalue weighted by Gasteiger charge is -2.18. The van der Waals surface area contributed by atoms with Crippen molar-refractivity contribution in [1.29, 1.82) is 0 Å². The van der Waals surface area contributed by atoms with E-state index in [0.717, 1.165) is 38.0 Å². The topological polar surface area (TPSA) is 140 Å². The Morgan fingerprint density at radius 3 is 1.98 bits per heavy atom. The van der Waals surface area contributed by atoms with E-state index in [9.17, 15) is 19.3 Å². The van der Waals surface area contributed by atoms with Gasteiger partial charge in [0.25, 0.3) is 0 Å². The number of phosphoric ester groups is 1. The zero-order valence-corrected chi connectivity index (χ0v) is 32.5. The maximum Gasteiger partial charge on any atom is 0.469 e. The number of rotatable bonds is 34. The Labute approximate surface area is 304 Å². The summed E-state index contributed by atoms with van der Waals surface area (Å²) in [4.78, 5) is 42.7. The molecule has 3 N–H and O–H groups in total. The summed E-state index contributed by atoms with van der Waals surface area (Å²) in [5.74, 6) is -0.154. The molecule has 0 radical (unpaired) electrons. The lowest BCUT2D eigenvalue weighted by molar-refractivity contribution is -0.161. The van der Waals surface area contributed by atoms with Gasteiger partial charge in [-0.25, -0.2) is 4.57 Å². The van der Waals surface area contributed by atoms with E-state index in [1.807, 2.05) is 36.5 Å². The van der Waals surface area contributed by atoms with Crippen LogP contribution < -0.4 is 0 Å². The van der Waals surface area contributed by atoms with Crippen molar-refractivity contribution in [2.45, 2.75) is 174 Å². The lowest BCUT2D eigenvalue weighted by Crippen LogP contribution is -2.29. The second-order valence-corrected chi connectivity index (χ2v) is 14.6. The van der Waals surface area contributed by atoms with Gasteiger partial charge in [-0.3, -0.25) is 14.1 Å². The molecule has 0 aliphatic carbocycles. The molecular formula is C40H71O9P. The summed E-state index contributed by atoms with van der Waals surface area (Å²) in [7, 11) is -4.78. The number of esters is 2. The van der Waals surface area contributed by atoms with Crippen LogP contribution >= 0.6 is 7.82 Å². The summed E-state index contributed by atoms with van der Waals surface area (Å²) in [5, 5.41) is 10.0. The van der Waals surface area contributed by atoms with Crippen molar-refractivity contribution in [2.75, 3.05) is 13.2 Å². The summed E-state index contributed by atoms with van der Waals surface area (Å²) in [6, 6.07) is 0. The average molecular weight is 727 g/mol. The van der Waals surface area contributed by atoms with Gasteiger partial charge in [0, 0.05) is 12.8 Å². The molecule has 0 bridgehead atoms. The van der Waals surface area contributed by atoms with E-state index in [0.29, 0.717) is 25.7 Å². The molecule has 0 saturated heterocycles. The van der Waals surface area contributed by atoms with E-state index in [1.54, 1.807) is 6.08 Å². The van der Waals surface area contributed by atoms with Crippen molar-refractivity contribution in [3.63, 3.8) is 0 Å². The largest absolute Gasteiger partial charge is 0.469 e. The number of unbranched alkanes of at least 4 members (excludes halogenated alkanes) is 13. The van der Waals surface area contributed by atoms with Crippen LogP contribution in [0.2, 0.25) is 0 Å². The van der Waals surface area contributed by atoms with Crippen LogP contribution in [0.4, 0.5) is 0 Å². The fraction of sp³-hybridized carbons (Fsp3) is 0.750. The zero-order valence-electron chi connectivity index (χ0n) is 31.6. The Kier molecular flexibility index (Phi) is 32.7. The standard InChI is InChI=1S/C40H71O9P/c1-4-6-7-8-14-20-25-30-37(41)31-26-21-16-13-18-22-27-32-39(42)47-34-38(35-48-50(44,45)46)49-40(43)33-28-23-17-12-10-9-11-15-19-24-29-36(3)5-2/h13-14,18,20-21,25-26,30,36-38,41H,4-12,15-17,19,22-24,27-29,31-35H2,1-3H3,(H2,44,45,46)/b18-13+,20-14-,26-21-,30-25-/t36?,37-,38-/m1/s1. The first-order chi connectivity index (χ1) is 24.1. The highest BCUT2D eigenvalue weighted by Gasteiger charge is 2.22. The molecule has 0 aliphatic heterocycles. The minimum atomic E-state index is -4.78. The average Bonchev–Trinajstić information content (AvgIpc) is 3.08. The predicted octanol–water partition coefficient (Wildman–Crippen LogP) is 10.4. The molecule has 0 aliphatic rings. The maximum absolute atomic E-state index is 12.4. The molecule has 0 rings (SSSR count). The van der Waals surface area contributed by atoms with E-state index < -0.39 is 38.6 Å². The molecule has 3 atom stereocenters. The summed E-state index contributed by atoms with van der Waals surface area (Å²) >= 11 is 0. The van der Waals surface area contributed by atoms with Gasteiger partial charge in [0.05, 0.1) is 12.7 Å². The number of carbonyl (C=O) groups excluding carboxylic acids is 2. The SMILES string of the molecule is CCCCC/C=C\C=C/[C@@H](O)C/C=C\C/C=C/CCCC(=O)OC[C@H](COP(=O)(O)O)OC(=O)CCCCCCCCCCCCC(C)CC. The highest BCUT2D eigenvalue weighted by molar-refractivity contribution is 7.46. The fourth-order valence-corrected chi connectivity index (χ4v) is 5.49. The molecule has 0 heterocycles. The Morgan fingerprint density at radius 1 is 0.700 bits per heavy atom. The normalized spacial score (nSPS) is 14.3. The molecular weight excluding hydrogens is 655 g/mol. The molecule has 0 spiro atoms. The number of carbonyl (C=O) groups is 2. The Hall–Kier alpha value is -2.03. The van der Waals surface area contributed by atoms with Crippen molar-refractivity contribution in [3.8, 4) is 0 Å². The van der Waals surface area contributed by atoms with E-state index >= 15 is 0 Å². The first-order valence-corrected chi connectivity index (χ1v) is 21.0. The van der Waals surface area contributed by atoms with Crippen LogP contribution in [0.15, 0.2) is 48.6 Å². The lowest BCUT2D eigenvalue weighted by atomic mass is 9.99. The van der Waals surface area contributed by atoms with Gasteiger partial charge in [-0.1, -0.05) is 153 Å². The van der Waals surface area contributed by atoms with Crippen molar-refractivity contribution < 1.29 is 43.0 Å². The van der Waals surface area contributed by atoms with Crippen LogP contribution in [-0.2, 0) is 28.2 Å². The Bertz CT molecular complexity index is 985. The predicted molar refractivity (Wildman–Crippen MR) is 203 cm³/mol. The van der Waals surface area contributed by atoms with Crippen LogP contribution in [0, 0.1) is 5.92 Å². The van der Waals surface area contributed by atoms with E-state index in [1.165, 1.54) is 70.6 Å². The van der Waals surface area contributed by atoms with Crippen LogP contribution in [0.25, 0.3) is 0 Å². The smallest absolute Gasteiger partial charge is 0.462 e. The van der Waals surface area contributed by atoms with Crippen LogP contribution in [-0.4, -0.2) is 52.3 Å². The van der Waals surface area contributed by atoms with Gasteiger partial charge >= 0.3 is 19.8 Å². The molecule has 0 aromatic heterocycles. The molecule has 0 aromatic carbocycles. The molecule has 290 valence electrons. The zero-order chi connectivity index (χ0) is 37.1. The summed E-state index contributed by atoms with van der Waals surface area (Å²) in [5.41, 5.74) is 0. The monoisotopic (exact) mass is 726 g/mol. The van der Waals surface area contributed by atoms with Crippen LogP contribution in [0.3, 0.4) is 0 Å². The first-order valence-electron chi connectivity index (χ1n) is 19.4. The number of phosphoric acid groups is 1. The van der Waals surface area contributed by atoms with Crippen molar-refractivity contribution >= 4 is 19.8 Å². The summed E-state index contributed by atoms with van der Waals surface area (Å²) < 4.78 is 26.2. The number of aliphatic hydroxyl groups excluding tert-OH is 1. The summed E-state index contributed by atoms with van der Waals surface area (Å²) in [6.45, 7) is 5.86. The molecule has 1 unspecified atom stereocenters. The third-order valence-electron chi connectivity index (χ3n) is 8.47. The second kappa shape index (κ2) is 34.1. The molecule has 0 fully saturated rings. The quantitative estimate of drug-likeness (QED) is 0.0194. The molecule has 50 heavy (non-hydrogen) atoms. The first kappa shape index (κ1) is 48.0. The Balaban J connectivity index is 4.13. The van der Waals surface area contributed by atoms with Gasteiger partial charge in [-0.2, -0.15) is 0 Å². The van der Waals surface area contributed by atoms with Crippen LogP contribution in [0.5, 0.6) is 0 Å². The number of aliphatic hydroxyl groups is 1. The van der Waals surface area contributed by atoms with Crippen LogP contribution in [0.1, 0.15) is 162 Å². The molecule has 9 nitrogen and oxygen atoms in total. The highest BCUT2D eigenvalue weighted by atomic mass is 31.2. The summed E-state index contributed by atoms with van der Waals surface area (Å²) in [6.07, 6.45) is 35.7. The third kappa shape index (κ3) is 35.8. The Morgan fingerprint density at radius 2 is 1.32 bits per heavy atom. The van der Waals surface area contributed by atoms with Gasteiger partial charge < -0.3 is 24.4 Å². The molecule has 0 aromatic rings. The van der Waals surface area contributed by atoms with Gasteiger partial charge in [-0.05, 0) is 50.9 Å². The van der Waals surface area contributed by atoms with E-state index in [4.69, 9.17) is 19.3 Å². The van der Waals surface area contributed by atoms with Crippen molar-refractivity contribution in [1.82, 2.24) is 0 Å². The van der Waals surface area contributed by atoms with Gasteiger partial charge in [0.1, 0.15) is 6.61 Å². The highest BCUT2D eigenvalue weighted by Crippen LogP contribution is 2.36.